The van der Waals surface area contributed by atoms with Crippen molar-refractivity contribution in [3.8, 4) is 5.69 Å². The van der Waals surface area contributed by atoms with Crippen molar-refractivity contribution in [2.24, 2.45) is 0 Å². The van der Waals surface area contributed by atoms with Crippen LogP contribution in [0.4, 0.5) is 4.39 Å². The van der Waals surface area contributed by atoms with Gasteiger partial charge in [0.15, 0.2) is 0 Å². The van der Waals surface area contributed by atoms with Gasteiger partial charge >= 0.3 is 0 Å². The van der Waals surface area contributed by atoms with E-state index in [1.54, 1.807) is 16.8 Å². The summed E-state index contributed by atoms with van der Waals surface area (Å²) in [5.74, 6) is -0.288. The van der Waals surface area contributed by atoms with E-state index in [0.29, 0.717) is 12.1 Å². The van der Waals surface area contributed by atoms with Crippen molar-refractivity contribution in [3.63, 3.8) is 0 Å². The molecule has 1 aromatic heterocycles. The number of hydrogen-bond acceptors (Lipinski definition) is 3. The Bertz CT molecular complexity index is 478. The first kappa shape index (κ1) is 10.8. The van der Waals surface area contributed by atoms with E-state index in [2.05, 4.69) is 10.3 Å². The Kier molecular flexibility index (Phi) is 2.96. The van der Waals surface area contributed by atoms with E-state index in [9.17, 15) is 4.39 Å². The largest absolute Gasteiger partial charge is 0.390 e. The fraction of sp³-hybridized carbons (Fsp3) is 0.273. The zero-order valence-electron chi connectivity index (χ0n) is 8.89. The van der Waals surface area contributed by atoms with E-state index in [0.717, 1.165) is 11.4 Å². The van der Waals surface area contributed by atoms with Crippen LogP contribution in [0.15, 0.2) is 24.3 Å². The van der Waals surface area contributed by atoms with Gasteiger partial charge in [0.25, 0.3) is 0 Å². The lowest BCUT2D eigenvalue weighted by Gasteiger charge is -2.04. The maximum atomic E-state index is 12.8. The van der Waals surface area contributed by atoms with E-state index in [1.807, 2.05) is 6.92 Å². The van der Waals surface area contributed by atoms with Crippen molar-refractivity contribution < 1.29 is 9.50 Å². The molecular weight excluding hydrogens is 209 g/mol. The number of aliphatic hydroxyl groups is 1. The molecule has 0 spiro atoms. The Morgan fingerprint density at radius 3 is 2.56 bits per heavy atom. The predicted molar refractivity (Wildman–Crippen MR) is 56.6 cm³/mol. The second-order valence-electron chi connectivity index (χ2n) is 3.38. The molecule has 1 heterocycles. The summed E-state index contributed by atoms with van der Waals surface area (Å²) in [6, 6.07) is 6.00. The van der Waals surface area contributed by atoms with Crippen molar-refractivity contribution in [2.45, 2.75) is 20.0 Å². The van der Waals surface area contributed by atoms with Gasteiger partial charge in [-0.3, -0.25) is 0 Å². The Morgan fingerprint density at radius 2 is 2.00 bits per heavy atom. The molecule has 0 aliphatic heterocycles. The topological polar surface area (TPSA) is 50.9 Å². The molecule has 0 amide bonds. The second kappa shape index (κ2) is 4.40. The quantitative estimate of drug-likeness (QED) is 0.853. The highest BCUT2D eigenvalue weighted by atomic mass is 19.1. The van der Waals surface area contributed by atoms with Crippen molar-refractivity contribution in [3.05, 3.63) is 41.5 Å². The highest BCUT2D eigenvalue weighted by Gasteiger charge is 2.11. The average Bonchev–Trinajstić information content (AvgIpc) is 2.72. The number of aromatic nitrogens is 3. The van der Waals surface area contributed by atoms with Crippen LogP contribution in [0.5, 0.6) is 0 Å². The van der Waals surface area contributed by atoms with Gasteiger partial charge in [-0.25, -0.2) is 9.07 Å². The van der Waals surface area contributed by atoms with Crippen molar-refractivity contribution in [1.29, 1.82) is 0 Å². The smallest absolute Gasteiger partial charge is 0.123 e. The van der Waals surface area contributed by atoms with Crippen molar-refractivity contribution in [1.82, 2.24) is 15.0 Å². The van der Waals surface area contributed by atoms with Gasteiger partial charge in [0.05, 0.1) is 18.0 Å². The molecule has 1 N–H and O–H groups in total. The van der Waals surface area contributed by atoms with Gasteiger partial charge < -0.3 is 5.11 Å². The molecule has 2 aromatic rings. The maximum Gasteiger partial charge on any atom is 0.123 e. The second-order valence-corrected chi connectivity index (χ2v) is 3.38. The molecule has 0 saturated heterocycles. The normalized spacial score (nSPS) is 10.7. The van der Waals surface area contributed by atoms with E-state index in [-0.39, 0.29) is 12.4 Å². The first-order valence-electron chi connectivity index (χ1n) is 5.06. The van der Waals surface area contributed by atoms with Gasteiger partial charge in [-0.05, 0) is 30.7 Å². The van der Waals surface area contributed by atoms with E-state index >= 15 is 0 Å². The third-order valence-corrected chi connectivity index (χ3v) is 2.40. The van der Waals surface area contributed by atoms with Crippen LogP contribution in [-0.2, 0) is 13.0 Å². The molecule has 84 valence electrons. The molecule has 16 heavy (non-hydrogen) atoms. The molecule has 0 bridgehead atoms. The number of nitrogens with zero attached hydrogens (tertiary/aromatic N) is 3. The monoisotopic (exact) mass is 221 g/mol. The van der Waals surface area contributed by atoms with Crippen molar-refractivity contribution in [2.75, 3.05) is 0 Å². The van der Waals surface area contributed by atoms with Crippen LogP contribution in [0, 0.1) is 5.82 Å². The summed E-state index contributed by atoms with van der Waals surface area (Å²) < 4.78 is 14.4. The first-order valence-corrected chi connectivity index (χ1v) is 5.06. The van der Waals surface area contributed by atoms with Gasteiger partial charge in [0.2, 0.25) is 0 Å². The summed E-state index contributed by atoms with van der Waals surface area (Å²) in [7, 11) is 0. The summed E-state index contributed by atoms with van der Waals surface area (Å²) in [4.78, 5) is 0. The Hall–Kier alpha value is -1.75. The average molecular weight is 221 g/mol. The number of benzene rings is 1. The molecular formula is C11H12FN3O. The van der Waals surface area contributed by atoms with Crippen LogP contribution in [0.25, 0.3) is 5.69 Å². The van der Waals surface area contributed by atoms with Crippen LogP contribution < -0.4 is 0 Å². The van der Waals surface area contributed by atoms with Crippen LogP contribution in [-0.4, -0.2) is 20.1 Å². The summed E-state index contributed by atoms with van der Waals surface area (Å²) in [5, 5.41) is 16.9. The maximum absolute atomic E-state index is 12.8. The third-order valence-electron chi connectivity index (χ3n) is 2.40. The molecule has 0 unspecified atom stereocenters. The molecule has 0 aliphatic carbocycles. The molecule has 0 fully saturated rings. The fourth-order valence-electron chi connectivity index (χ4n) is 1.60. The molecule has 4 nitrogen and oxygen atoms in total. The number of hydrogen-bond donors (Lipinski definition) is 1. The summed E-state index contributed by atoms with van der Waals surface area (Å²) in [5.41, 5.74) is 2.14. The minimum absolute atomic E-state index is 0.135. The summed E-state index contributed by atoms with van der Waals surface area (Å²) in [6.45, 7) is 1.82. The summed E-state index contributed by atoms with van der Waals surface area (Å²) >= 11 is 0. The molecule has 0 saturated carbocycles. The van der Waals surface area contributed by atoms with Crippen molar-refractivity contribution >= 4 is 0 Å². The highest BCUT2D eigenvalue weighted by Crippen LogP contribution is 2.14. The molecule has 0 aliphatic rings. The first-order chi connectivity index (χ1) is 7.76. The van der Waals surface area contributed by atoms with Crippen LogP contribution in [0.3, 0.4) is 0 Å². The number of aliphatic hydroxyl groups excluding tert-OH is 1. The lowest BCUT2D eigenvalue weighted by Crippen LogP contribution is -2.02. The van der Waals surface area contributed by atoms with Crippen LogP contribution >= 0.6 is 0 Å². The standard InChI is InChI=1S/C11H12FN3O/c1-2-11-10(7-16)13-14-15(11)9-5-3-8(12)4-6-9/h3-6,16H,2,7H2,1H3. The summed E-state index contributed by atoms with van der Waals surface area (Å²) in [6.07, 6.45) is 0.709. The van der Waals surface area contributed by atoms with Crippen LogP contribution in [0.2, 0.25) is 0 Å². The number of halogens is 1. The lowest BCUT2D eigenvalue weighted by atomic mass is 10.2. The zero-order valence-corrected chi connectivity index (χ0v) is 8.89. The van der Waals surface area contributed by atoms with Gasteiger partial charge in [0.1, 0.15) is 11.5 Å². The molecule has 0 radical (unpaired) electrons. The molecule has 2 rings (SSSR count). The SMILES string of the molecule is CCc1c(CO)nnn1-c1ccc(F)cc1. The predicted octanol–water partition coefficient (Wildman–Crippen LogP) is 1.46. The van der Waals surface area contributed by atoms with E-state index in [4.69, 9.17) is 5.11 Å². The molecule has 5 heteroatoms. The van der Waals surface area contributed by atoms with Gasteiger partial charge in [-0.1, -0.05) is 12.1 Å². The Morgan fingerprint density at radius 1 is 1.31 bits per heavy atom. The van der Waals surface area contributed by atoms with E-state index < -0.39 is 0 Å². The van der Waals surface area contributed by atoms with Gasteiger partial charge in [0, 0.05) is 0 Å². The van der Waals surface area contributed by atoms with Gasteiger partial charge in [-0.2, -0.15) is 0 Å². The Balaban J connectivity index is 2.47. The Labute approximate surface area is 92.3 Å². The van der Waals surface area contributed by atoms with E-state index in [1.165, 1.54) is 12.1 Å². The minimum atomic E-state index is -0.288. The minimum Gasteiger partial charge on any atom is -0.390 e. The van der Waals surface area contributed by atoms with Gasteiger partial charge in [-0.15, -0.1) is 5.10 Å². The molecule has 1 aromatic carbocycles. The number of rotatable bonds is 3. The zero-order chi connectivity index (χ0) is 11.5. The fourth-order valence-corrected chi connectivity index (χ4v) is 1.60. The third kappa shape index (κ3) is 1.81. The van der Waals surface area contributed by atoms with Crippen LogP contribution in [0.1, 0.15) is 18.3 Å². The highest BCUT2D eigenvalue weighted by molar-refractivity contribution is 5.33. The lowest BCUT2D eigenvalue weighted by molar-refractivity contribution is 0.275. The molecule has 0 atom stereocenters.